The Hall–Kier alpha value is -2.37. The molecule has 1 heterocycles. The number of aryl methyl sites for hydroxylation is 1. The number of amides is 2. The lowest BCUT2D eigenvalue weighted by Crippen LogP contribution is -2.38. The monoisotopic (exact) mass is 303 g/mol. The van der Waals surface area contributed by atoms with E-state index in [2.05, 4.69) is 10.5 Å². The maximum Gasteiger partial charge on any atom is 0.317 e. The van der Waals surface area contributed by atoms with Crippen LogP contribution in [0.15, 0.2) is 34.9 Å². The Labute approximate surface area is 128 Å². The van der Waals surface area contributed by atoms with Gasteiger partial charge in [-0.1, -0.05) is 17.3 Å². The van der Waals surface area contributed by atoms with Gasteiger partial charge in [0, 0.05) is 25.1 Å². The molecule has 1 N–H and O–H groups in total. The number of nitrogens with one attached hydrogen (secondary N) is 1. The molecule has 2 aromatic rings. The second-order valence-corrected chi connectivity index (χ2v) is 5.73. The highest BCUT2D eigenvalue weighted by Crippen LogP contribution is 2.40. The van der Waals surface area contributed by atoms with E-state index in [1.54, 1.807) is 24.1 Å². The van der Waals surface area contributed by atoms with Gasteiger partial charge in [-0.15, -0.1) is 0 Å². The van der Waals surface area contributed by atoms with Gasteiger partial charge in [0.15, 0.2) is 0 Å². The molecule has 2 amide bonds. The van der Waals surface area contributed by atoms with E-state index in [1.807, 2.05) is 13.0 Å². The van der Waals surface area contributed by atoms with Crippen LogP contribution in [0.1, 0.15) is 29.4 Å². The second-order valence-electron chi connectivity index (χ2n) is 5.73. The summed E-state index contributed by atoms with van der Waals surface area (Å²) in [4.78, 5) is 13.7. The van der Waals surface area contributed by atoms with Crippen molar-refractivity contribution in [3.63, 3.8) is 0 Å². The van der Waals surface area contributed by atoms with Crippen molar-refractivity contribution < 1.29 is 13.7 Å². The summed E-state index contributed by atoms with van der Waals surface area (Å²) < 4.78 is 17.9. The molecule has 6 heteroatoms. The normalized spacial score (nSPS) is 19.8. The van der Waals surface area contributed by atoms with Crippen LogP contribution in [0.4, 0.5) is 9.18 Å². The molecular weight excluding hydrogens is 285 g/mol. The predicted octanol–water partition coefficient (Wildman–Crippen LogP) is 2.82. The average molecular weight is 303 g/mol. The van der Waals surface area contributed by atoms with Gasteiger partial charge in [-0.05, 0) is 31.0 Å². The number of urea groups is 1. The number of hydrogen-bond donors (Lipinski definition) is 1. The van der Waals surface area contributed by atoms with Gasteiger partial charge in [0.1, 0.15) is 17.3 Å². The molecule has 2 atom stereocenters. The molecule has 3 rings (SSSR count). The third-order valence-corrected chi connectivity index (χ3v) is 3.82. The van der Waals surface area contributed by atoms with Crippen molar-refractivity contribution in [2.75, 3.05) is 7.05 Å². The Morgan fingerprint density at radius 2 is 2.18 bits per heavy atom. The van der Waals surface area contributed by atoms with E-state index in [-0.39, 0.29) is 23.8 Å². The summed E-state index contributed by atoms with van der Waals surface area (Å²) in [6.07, 6.45) is 0.883. The minimum atomic E-state index is -0.243. The zero-order valence-electron chi connectivity index (χ0n) is 12.5. The summed E-state index contributed by atoms with van der Waals surface area (Å²) >= 11 is 0. The highest BCUT2D eigenvalue weighted by Gasteiger charge is 2.39. The van der Waals surface area contributed by atoms with Crippen molar-refractivity contribution in [3.05, 3.63) is 53.2 Å². The largest absolute Gasteiger partial charge is 0.361 e. The lowest BCUT2D eigenvalue weighted by molar-refractivity contribution is 0.205. The molecule has 1 aromatic heterocycles. The predicted molar refractivity (Wildman–Crippen MR) is 78.8 cm³/mol. The molecule has 1 aliphatic rings. The number of aromatic nitrogens is 1. The molecule has 1 aromatic carbocycles. The zero-order valence-corrected chi connectivity index (χ0v) is 12.5. The van der Waals surface area contributed by atoms with Crippen LogP contribution in [0.3, 0.4) is 0 Å². The minimum Gasteiger partial charge on any atom is -0.361 e. The minimum absolute atomic E-state index is 0.111. The van der Waals surface area contributed by atoms with Crippen LogP contribution in [0.2, 0.25) is 0 Å². The van der Waals surface area contributed by atoms with Gasteiger partial charge in [-0.3, -0.25) is 0 Å². The Morgan fingerprint density at radius 1 is 1.45 bits per heavy atom. The van der Waals surface area contributed by atoms with Gasteiger partial charge in [-0.2, -0.15) is 0 Å². The van der Waals surface area contributed by atoms with Crippen LogP contribution < -0.4 is 5.32 Å². The number of benzene rings is 1. The number of rotatable bonds is 4. The van der Waals surface area contributed by atoms with E-state index < -0.39 is 0 Å². The summed E-state index contributed by atoms with van der Waals surface area (Å²) in [5.74, 6) is 0.752. The number of carbonyl (C=O) groups is 1. The fourth-order valence-electron chi connectivity index (χ4n) is 2.51. The van der Waals surface area contributed by atoms with Gasteiger partial charge in [0.2, 0.25) is 0 Å². The number of hydrogen-bond acceptors (Lipinski definition) is 3. The highest BCUT2D eigenvalue weighted by molar-refractivity contribution is 5.74. The first kappa shape index (κ1) is 14.6. The summed E-state index contributed by atoms with van der Waals surface area (Å²) in [5, 5.41) is 6.85. The van der Waals surface area contributed by atoms with Crippen molar-refractivity contribution in [1.82, 2.24) is 15.4 Å². The fourth-order valence-corrected chi connectivity index (χ4v) is 2.51. The van der Waals surface area contributed by atoms with Gasteiger partial charge in [0.05, 0.1) is 6.54 Å². The summed E-state index contributed by atoms with van der Waals surface area (Å²) in [6, 6.07) is 8.22. The van der Waals surface area contributed by atoms with Crippen LogP contribution in [0.25, 0.3) is 0 Å². The standard InChI is InChI=1S/C16H18FN3O2/c1-10-7-13(19-22-10)9-20(2)16(21)18-15-8-14(15)11-3-5-12(17)6-4-11/h3-7,14-15H,8-9H2,1-2H3,(H,18,21)/t14-,15+/m1/s1. The average Bonchev–Trinajstić information content (AvgIpc) is 3.13. The molecule has 0 saturated heterocycles. The maximum absolute atomic E-state index is 12.9. The van der Waals surface area contributed by atoms with Crippen molar-refractivity contribution in [3.8, 4) is 0 Å². The smallest absolute Gasteiger partial charge is 0.317 e. The van der Waals surface area contributed by atoms with E-state index in [4.69, 9.17) is 4.52 Å². The number of nitrogens with zero attached hydrogens (tertiary/aromatic N) is 2. The number of halogens is 1. The SMILES string of the molecule is Cc1cc(CN(C)C(=O)N[C@H]2C[C@@H]2c2ccc(F)cc2)no1. The quantitative estimate of drug-likeness (QED) is 0.945. The first-order valence-electron chi connectivity index (χ1n) is 7.22. The van der Waals surface area contributed by atoms with Gasteiger partial charge >= 0.3 is 6.03 Å². The molecule has 116 valence electrons. The summed E-state index contributed by atoms with van der Waals surface area (Å²) in [5.41, 5.74) is 1.78. The van der Waals surface area contributed by atoms with Crippen LogP contribution >= 0.6 is 0 Å². The Kier molecular flexibility index (Phi) is 3.83. The molecule has 22 heavy (non-hydrogen) atoms. The van der Waals surface area contributed by atoms with Gasteiger partial charge in [-0.25, -0.2) is 9.18 Å². The third kappa shape index (κ3) is 3.27. The lowest BCUT2D eigenvalue weighted by Gasteiger charge is -2.16. The molecule has 0 bridgehead atoms. The topological polar surface area (TPSA) is 58.4 Å². The summed E-state index contributed by atoms with van der Waals surface area (Å²) in [7, 11) is 1.72. The van der Waals surface area contributed by atoms with Crippen molar-refractivity contribution in [1.29, 1.82) is 0 Å². The first-order chi connectivity index (χ1) is 10.5. The van der Waals surface area contributed by atoms with E-state index in [0.29, 0.717) is 6.54 Å². The van der Waals surface area contributed by atoms with E-state index >= 15 is 0 Å². The van der Waals surface area contributed by atoms with Gasteiger partial charge < -0.3 is 14.7 Å². The molecule has 5 nitrogen and oxygen atoms in total. The zero-order chi connectivity index (χ0) is 15.7. The summed E-state index contributed by atoms with van der Waals surface area (Å²) in [6.45, 7) is 2.21. The molecule has 1 fully saturated rings. The Balaban J connectivity index is 1.51. The van der Waals surface area contributed by atoms with E-state index in [1.165, 1.54) is 12.1 Å². The second kappa shape index (κ2) is 5.79. The molecular formula is C16H18FN3O2. The number of carbonyl (C=O) groups excluding carboxylic acids is 1. The molecule has 0 radical (unpaired) electrons. The van der Waals surface area contributed by atoms with Gasteiger partial charge in [0.25, 0.3) is 0 Å². The van der Waals surface area contributed by atoms with E-state index in [9.17, 15) is 9.18 Å². The third-order valence-electron chi connectivity index (χ3n) is 3.82. The lowest BCUT2D eigenvalue weighted by atomic mass is 10.1. The highest BCUT2D eigenvalue weighted by atomic mass is 19.1. The molecule has 1 saturated carbocycles. The first-order valence-corrected chi connectivity index (χ1v) is 7.22. The van der Waals surface area contributed by atoms with Crippen molar-refractivity contribution >= 4 is 6.03 Å². The molecule has 0 aliphatic heterocycles. The molecule has 0 spiro atoms. The fraction of sp³-hybridized carbons (Fsp3) is 0.375. The Bertz CT molecular complexity index is 668. The Morgan fingerprint density at radius 3 is 2.82 bits per heavy atom. The molecule has 1 aliphatic carbocycles. The van der Waals surface area contributed by atoms with Crippen LogP contribution in [0.5, 0.6) is 0 Å². The van der Waals surface area contributed by atoms with Crippen LogP contribution in [-0.2, 0) is 6.54 Å². The molecule has 0 unspecified atom stereocenters. The maximum atomic E-state index is 12.9. The van der Waals surface area contributed by atoms with Crippen LogP contribution in [-0.4, -0.2) is 29.2 Å². The van der Waals surface area contributed by atoms with Crippen molar-refractivity contribution in [2.45, 2.75) is 31.8 Å². The van der Waals surface area contributed by atoms with Crippen LogP contribution in [0, 0.1) is 12.7 Å². The van der Waals surface area contributed by atoms with E-state index in [0.717, 1.165) is 23.4 Å². The van der Waals surface area contributed by atoms with Crippen molar-refractivity contribution in [2.24, 2.45) is 0 Å².